The third-order valence-electron chi connectivity index (χ3n) is 3.08. The first kappa shape index (κ1) is 12.2. The average Bonchev–Trinajstić information content (AvgIpc) is 3.15. The fraction of sp³-hybridized carbons (Fsp3) is 0.143. The third-order valence-corrected chi connectivity index (χ3v) is 3.97. The van der Waals surface area contributed by atoms with Gasteiger partial charge in [0.25, 0.3) is 5.89 Å². The zero-order chi connectivity index (χ0) is 14.2. The summed E-state index contributed by atoms with van der Waals surface area (Å²) in [5, 5.41) is 15.3. The number of rotatable bonds is 2. The van der Waals surface area contributed by atoms with Gasteiger partial charge in [-0.05, 0) is 23.6 Å². The van der Waals surface area contributed by atoms with Crippen LogP contribution in [0.2, 0.25) is 0 Å². The molecule has 0 saturated carbocycles. The van der Waals surface area contributed by atoms with E-state index in [2.05, 4.69) is 10.1 Å². The molecule has 6 nitrogen and oxygen atoms in total. The molecule has 0 fully saturated rings. The zero-order valence-corrected chi connectivity index (χ0v) is 11.5. The normalized spacial score (nSPS) is 16.9. The lowest BCUT2D eigenvalue weighted by Crippen LogP contribution is -2.22. The van der Waals surface area contributed by atoms with Crippen LogP contribution in [-0.2, 0) is 0 Å². The predicted octanol–water partition coefficient (Wildman–Crippen LogP) is 3.02. The molecule has 1 aromatic carbocycles. The summed E-state index contributed by atoms with van der Waals surface area (Å²) >= 11 is 1.33. The maximum absolute atomic E-state index is 9.68. The molecule has 1 aliphatic rings. The van der Waals surface area contributed by atoms with Crippen molar-refractivity contribution in [3.8, 4) is 28.0 Å². The Balaban J connectivity index is 1.61. The Labute approximate surface area is 123 Å². The van der Waals surface area contributed by atoms with Gasteiger partial charge in [0.15, 0.2) is 17.6 Å². The number of thiophene rings is 1. The number of ether oxygens (including phenoxy) is 2. The smallest absolute Gasteiger partial charge is 0.271 e. The lowest BCUT2D eigenvalue weighted by atomic mass is 10.2. The van der Waals surface area contributed by atoms with Crippen molar-refractivity contribution in [1.82, 2.24) is 10.1 Å². The van der Waals surface area contributed by atoms with Gasteiger partial charge >= 0.3 is 0 Å². The fourth-order valence-electron chi connectivity index (χ4n) is 2.07. The topological polar surface area (TPSA) is 77.6 Å². The maximum atomic E-state index is 9.68. The molecule has 4 rings (SSSR count). The molecule has 1 atom stereocenters. The molecule has 1 unspecified atom stereocenters. The quantitative estimate of drug-likeness (QED) is 0.784. The number of hydrogen-bond donors (Lipinski definition) is 1. The second-order valence-corrected chi connectivity index (χ2v) is 5.37. The molecule has 106 valence electrons. The second kappa shape index (κ2) is 4.78. The summed E-state index contributed by atoms with van der Waals surface area (Å²) in [4.78, 5) is 4.82. The van der Waals surface area contributed by atoms with Crippen LogP contribution < -0.4 is 9.47 Å². The van der Waals surface area contributed by atoms with E-state index in [1.165, 1.54) is 11.3 Å². The summed E-state index contributed by atoms with van der Waals surface area (Å²) in [6.07, 6.45) is -0.431. The Morgan fingerprint density at radius 2 is 2.05 bits per heavy atom. The number of para-hydroxylation sites is 2. The highest BCUT2D eigenvalue weighted by atomic mass is 32.1. The summed E-state index contributed by atoms with van der Waals surface area (Å²) in [6.45, 7) is 0.312. The molecule has 7 heteroatoms. The Bertz CT molecular complexity index is 783. The Hall–Kier alpha value is -2.54. The molecular weight excluding hydrogens is 292 g/mol. The molecule has 21 heavy (non-hydrogen) atoms. The fourth-order valence-corrected chi connectivity index (χ4v) is 2.77. The SMILES string of the molecule is Oc1ccsc1-c1nc(C2COc3ccccc3O2)no1. The average molecular weight is 302 g/mol. The van der Waals surface area contributed by atoms with Crippen LogP contribution in [0.3, 0.4) is 0 Å². The Morgan fingerprint density at radius 3 is 2.86 bits per heavy atom. The number of aromatic hydroxyl groups is 1. The lowest BCUT2D eigenvalue weighted by Gasteiger charge is -2.24. The van der Waals surface area contributed by atoms with Gasteiger partial charge in [0, 0.05) is 0 Å². The van der Waals surface area contributed by atoms with Crippen LogP contribution in [0.25, 0.3) is 10.8 Å². The summed E-state index contributed by atoms with van der Waals surface area (Å²) in [5.74, 6) is 2.15. The van der Waals surface area contributed by atoms with Crippen LogP contribution in [0.15, 0.2) is 40.2 Å². The van der Waals surface area contributed by atoms with E-state index in [1.807, 2.05) is 24.3 Å². The molecule has 1 aliphatic heterocycles. The van der Waals surface area contributed by atoms with Crippen LogP contribution in [0.4, 0.5) is 0 Å². The van der Waals surface area contributed by atoms with Gasteiger partial charge in [-0.2, -0.15) is 4.98 Å². The van der Waals surface area contributed by atoms with Crippen molar-refractivity contribution in [3.63, 3.8) is 0 Å². The van der Waals surface area contributed by atoms with E-state index < -0.39 is 6.10 Å². The predicted molar refractivity (Wildman–Crippen MR) is 74.6 cm³/mol. The lowest BCUT2D eigenvalue weighted by molar-refractivity contribution is 0.0832. The van der Waals surface area contributed by atoms with E-state index in [1.54, 1.807) is 11.4 Å². The minimum absolute atomic E-state index is 0.126. The molecule has 0 radical (unpaired) electrons. The minimum Gasteiger partial charge on any atom is -0.506 e. The highest BCUT2D eigenvalue weighted by molar-refractivity contribution is 7.13. The Kier molecular flexibility index (Phi) is 2.78. The summed E-state index contributed by atoms with van der Waals surface area (Å²) in [6, 6.07) is 9.01. The number of fused-ring (bicyclic) bond motifs is 1. The Morgan fingerprint density at radius 1 is 1.19 bits per heavy atom. The zero-order valence-electron chi connectivity index (χ0n) is 10.7. The van der Waals surface area contributed by atoms with Crippen LogP contribution in [0.5, 0.6) is 17.2 Å². The van der Waals surface area contributed by atoms with E-state index in [0.717, 1.165) is 0 Å². The molecule has 0 bridgehead atoms. The van der Waals surface area contributed by atoms with E-state index in [-0.39, 0.29) is 11.6 Å². The van der Waals surface area contributed by atoms with E-state index >= 15 is 0 Å². The molecular formula is C14H10N2O4S. The molecule has 0 saturated heterocycles. The van der Waals surface area contributed by atoms with E-state index in [9.17, 15) is 5.11 Å². The van der Waals surface area contributed by atoms with Crippen molar-refractivity contribution in [3.05, 3.63) is 41.5 Å². The van der Waals surface area contributed by atoms with E-state index in [0.29, 0.717) is 28.8 Å². The first-order chi connectivity index (χ1) is 10.3. The highest BCUT2D eigenvalue weighted by Gasteiger charge is 2.27. The molecule has 3 heterocycles. The van der Waals surface area contributed by atoms with Gasteiger partial charge in [0.05, 0.1) is 0 Å². The van der Waals surface area contributed by atoms with Gasteiger partial charge < -0.3 is 19.1 Å². The maximum Gasteiger partial charge on any atom is 0.271 e. The van der Waals surface area contributed by atoms with Crippen LogP contribution in [0, 0.1) is 0 Å². The molecule has 3 aromatic rings. The number of hydrogen-bond acceptors (Lipinski definition) is 7. The number of aromatic nitrogens is 2. The van der Waals surface area contributed by atoms with Crippen molar-refractivity contribution in [2.45, 2.75) is 6.10 Å². The largest absolute Gasteiger partial charge is 0.506 e. The van der Waals surface area contributed by atoms with Crippen LogP contribution >= 0.6 is 11.3 Å². The monoisotopic (exact) mass is 302 g/mol. The van der Waals surface area contributed by atoms with E-state index in [4.69, 9.17) is 14.0 Å². The van der Waals surface area contributed by atoms with Gasteiger partial charge in [-0.1, -0.05) is 17.3 Å². The summed E-state index contributed by atoms with van der Waals surface area (Å²) in [5.41, 5.74) is 0. The van der Waals surface area contributed by atoms with Crippen molar-refractivity contribution in [1.29, 1.82) is 0 Å². The van der Waals surface area contributed by atoms with Crippen LogP contribution in [0.1, 0.15) is 11.9 Å². The van der Waals surface area contributed by atoms with Crippen molar-refractivity contribution >= 4 is 11.3 Å². The summed E-state index contributed by atoms with van der Waals surface area (Å²) in [7, 11) is 0. The molecule has 0 amide bonds. The standard InChI is InChI=1S/C14H10N2O4S/c17-8-5-6-21-12(8)14-15-13(16-20-14)11-7-18-9-3-1-2-4-10(9)19-11/h1-6,11,17H,7H2. The number of nitrogens with zero attached hydrogens (tertiary/aromatic N) is 2. The third kappa shape index (κ3) is 2.11. The van der Waals surface area contributed by atoms with Gasteiger partial charge in [0.1, 0.15) is 17.2 Å². The summed E-state index contributed by atoms with van der Waals surface area (Å²) < 4.78 is 16.6. The highest BCUT2D eigenvalue weighted by Crippen LogP contribution is 2.37. The van der Waals surface area contributed by atoms with Gasteiger partial charge in [-0.3, -0.25) is 0 Å². The van der Waals surface area contributed by atoms with Gasteiger partial charge in [-0.15, -0.1) is 11.3 Å². The first-order valence-corrected chi connectivity index (χ1v) is 7.18. The van der Waals surface area contributed by atoms with Gasteiger partial charge in [0.2, 0.25) is 5.82 Å². The second-order valence-electron chi connectivity index (χ2n) is 4.46. The molecule has 1 N–H and O–H groups in total. The molecule has 0 spiro atoms. The van der Waals surface area contributed by atoms with Crippen LogP contribution in [-0.4, -0.2) is 21.9 Å². The van der Waals surface area contributed by atoms with Crippen molar-refractivity contribution < 1.29 is 19.1 Å². The number of benzene rings is 1. The first-order valence-electron chi connectivity index (χ1n) is 6.30. The van der Waals surface area contributed by atoms with Gasteiger partial charge in [-0.25, -0.2) is 0 Å². The van der Waals surface area contributed by atoms with Crippen molar-refractivity contribution in [2.75, 3.05) is 6.61 Å². The molecule has 2 aromatic heterocycles. The van der Waals surface area contributed by atoms with Crippen molar-refractivity contribution in [2.24, 2.45) is 0 Å². The molecule has 0 aliphatic carbocycles. The minimum atomic E-state index is -0.431.